The van der Waals surface area contributed by atoms with E-state index in [1.54, 1.807) is 6.07 Å². The SMILES string of the molecule is COC(=O)c1ccc2c(c1)C[C@@]1(O2)[C@@H](C)CC[C@@H](OC(=O)CC(C)C)C1(C)C. The first-order chi connectivity index (χ1) is 13.1. The van der Waals surface area contributed by atoms with E-state index in [2.05, 4.69) is 20.8 Å². The largest absolute Gasteiger partial charge is 0.486 e. The number of carbonyl (C=O) groups excluding carboxylic acids is 2. The lowest BCUT2D eigenvalue weighted by Crippen LogP contribution is -2.62. The molecule has 1 saturated carbocycles. The third kappa shape index (κ3) is 3.40. The fourth-order valence-electron chi connectivity index (χ4n) is 4.86. The number of carbonyl (C=O) groups is 2. The maximum atomic E-state index is 12.4. The monoisotopic (exact) mass is 388 g/mol. The standard InChI is InChI=1S/C23H32O5/c1-14(2)11-20(24)27-19-10-7-15(3)23(22(19,4)5)13-17-12-16(21(25)26-6)8-9-18(17)28-23/h8-9,12,14-15,19H,7,10-11,13H2,1-6H3/t15-,19+,23+/m0/s1. The molecule has 0 unspecified atom stereocenters. The summed E-state index contributed by atoms with van der Waals surface area (Å²) in [4.78, 5) is 24.3. The second kappa shape index (κ2) is 7.41. The quantitative estimate of drug-likeness (QED) is 0.708. The highest BCUT2D eigenvalue weighted by Gasteiger charge is 2.61. The molecule has 28 heavy (non-hydrogen) atoms. The molecule has 0 amide bonds. The molecule has 1 aliphatic carbocycles. The fraction of sp³-hybridized carbons (Fsp3) is 0.652. The van der Waals surface area contributed by atoms with Crippen molar-refractivity contribution in [1.29, 1.82) is 0 Å². The lowest BCUT2D eigenvalue weighted by Gasteiger charge is -2.54. The van der Waals surface area contributed by atoms with Crippen molar-refractivity contribution in [1.82, 2.24) is 0 Å². The number of fused-ring (bicyclic) bond motifs is 1. The molecule has 154 valence electrons. The van der Waals surface area contributed by atoms with Crippen molar-refractivity contribution >= 4 is 11.9 Å². The van der Waals surface area contributed by atoms with Crippen molar-refractivity contribution in [3.05, 3.63) is 29.3 Å². The minimum Gasteiger partial charge on any atom is -0.486 e. The van der Waals surface area contributed by atoms with E-state index >= 15 is 0 Å². The van der Waals surface area contributed by atoms with E-state index < -0.39 is 5.60 Å². The van der Waals surface area contributed by atoms with E-state index in [0.717, 1.165) is 24.2 Å². The van der Waals surface area contributed by atoms with Gasteiger partial charge in [0.2, 0.25) is 0 Å². The maximum absolute atomic E-state index is 12.4. The predicted molar refractivity (Wildman–Crippen MR) is 106 cm³/mol. The summed E-state index contributed by atoms with van der Waals surface area (Å²) in [6.45, 7) is 10.5. The maximum Gasteiger partial charge on any atom is 0.337 e. The van der Waals surface area contributed by atoms with Gasteiger partial charge in [0.25, 0.3) is 0 Å². The fourth-order valence-corrected chi connectivity index (χ4v) is 4.86. The molecule has 0 saturated heterocycles. The molecule has 1 fully saturated rings. The molecule has 2 aliphatic rings. The molecule has 1 aromatic rings. The normalized spacial score (nSPS) is 28.0. The van der Waals surface area contributed by atoms with Gasteiger partial charge in [-0.1, -0.05) is 34.6 Å². The number of methoxy groups -OCH3 is 1. The Bertz CT molecular complexity index is 766. The topological polar surface area (TPSA) is 61.8 Å². The molecule has 3 atom stereocenters. The van der Waals surface area contributed by atoms with Crippen LogP contribution in [-0.4, -0.2) is 30.8 Å². The zero-order valence-corrected chi connectivity index (χ0v) is 17.8. The van der Waals surface area contributed by atoms with Gasteiger partial charge in [-0.2, -0.15) is 0 Å². The first kappa shape index (κ1) is 20.7. The number of hydrogen-bond acceptors (Lipinski definition) is 5. The average Bonchev–Trinajstić information content (AvgIpc) is 3.02. The van der Waals surface area contributed by atoms with Crippen LogP contribution >= 0.6 is 0 Å². The Labute approximate surface area is 167 Å². The molecule has 5 nitrogen and oxygen atoms in total. The zero-order valence-electron chi connectivity index (χ0n) is 17.8. The van der Waals surface area contributed by atoms with Crippen LogP contribution in [0.3, 0.4) is 0 Å². The summed E-state index contributed by atoms with van der Waals surface area (Å²) in [6.07, 6.45) is 2.70. The van der Waals surface area contributed by atoms with Gasteiger partial charge in [-0.15, -0.1) is 0 Å². The van der Waals surface area contributed by atoms with Crippen molar-refractivity contribution in [3.63, 3.8) is 0 Å². The number of benzene rings is 1. The van der Waals surface area contributed by atoms with Crippen LogP contribution in [0.25, 0.3) is 0 Å². The highest BCUT2D eigenvalue weighted by molar-refractivity contribution is 5.89. The summed E-state index contributed by atoms with van der Waals surface area (Å²) < 4.78 is 17.4. The Kier molecular flexibility index (Phi) is 5.48. The Morgan fingerprint density at radius 1 is 1.25 bits per heavy atom. The lowest BCUT2D eigenvalue weighted by molar-refractivity contribution is -0.188. The minimum absolute atomic E-state index is 0.138. The van der Waals surface area contributed by atoms with E-state index in [9.17, 15) is 9.59 Å². The highest BCUT2D eigenvalue weighted by atomic mass is 16.6. The van der Waals surface area contributed by atoms with Crippen LogP contribution < -0.4 is 4.74 Å². The summed E-state index contributed by atoms with van der Waals surface area (Å²) in [5, 5.41) is 0. The second-order valence-electron chi connectivity index (χ2n) is 9.26. The number of esters is 2. The highest BCUT2D eigenvalue weighted by Crippen LogP contribution is 2.56. The second-order valence-corrected chi connectivity index (χ2v) is 9.26. The van der Waals surface area contributed by atoms with E-state index in [1.807, 2.05) is 26.0 Å². The van der Waals surface area contributed by atoms with E-state index in [4.69, 9.17) is 14.2 Å². The van der Waals surface area contributed by atoms with Crippen molar-refractivity contribution in [2.45, 2.75) is 72.0 Å². The van der Waals surface area contributed by atoms with Crippen molar-refractivity contribution in [2.75, 3.05) is 7.11 Å². The van der Waals surface area contributed by atoms with Crippen molar-refractivity contribution in [2.24, 2.45) is 17.3 Å². The third-order valence-electron chi connectivity index (χ3n) is 6.63. The van der Waals surface area contributed by atoms with Crippen LogP contribution in [0.15, 0.2) is 18.2 Å². The van der Waals surface area contributed by atoms with E-state index in [1.165, 1.54) is 7.11 Å². The van der Waals surface area contributed by atoms with Gasteiger partial charge in [-0.3, -0.25) is 4.79 Å². The summed E-state index contributed by atoms with van der Waals surface area (Å²) in [7, 11) is 1.38. The number of hydrogen-bond donors (Lipinski definition) is 0. The van der Waals surface area contributed by atoms with E-state index in [0.29, 0.717) is 24.3 Å². The molecule has 1 aliphatic heterocycles. The van der Waals surface area contributed by atoms with Gasteiger partial charge in [-0.25, -0.2) is 4.79 Å². The number of ether oxygens (including phenoxy) is 3. The molecule has 0 N–H and O–H groups in total. The first-order valence-electron chi connectivity index (χ1n) is 10.2. The minimum atomic E-state index is -0.467. The molecule has 0 radical (unpaired) electrons. The lowest BCUT2D eigenvalue weighted by atomic mass is 9.58. The summed E-state index contributed by atoms with van der Waals surface area (Å²) in [6, 6.07) is 5.46. The Morgan fingerprint density at radius 3 is 2.61 bits per heavy atom. The van der Waals surface area contributed by atoms with Crippen molar-refractivity contribution in [3.8, 4) is 5.75 Å². The summed E-state index contributed by atoms with van der Waals surface area (Å²) in [5.41, 5.74) is 0.715. The summed E-state index contributed by atoms with van der Waals surface area (Å²) in [5.74, 6) is 0.899. The van der Waals surface area contributed by atoms with Crippen LogP contribution in [-0.2, 0) is 20.7 Å². The van der Waals surface area contributed by atoms with Crippen LogP contribution in [0.5, 0.6) is 5.75 Å². The Morgan fingerprint density at radius 2 is 1.96 bits per heavy atom. The molecule has 0 aromatic heterocycles. The molecule has 5 heteroatoms. The third-order valence-corrected chi connectivity index (χ3v) is 6.63. The van der Waals surface area contributed by atoms with Crippen LogP contribution in [0, 0.1) is 17.3 Å². The summed E-state index contributed by atoms with van der Waals surface area (Å²) >= 11 is 0. The van der Waals surface area contributed by atoms with Crippen LogP contribution in [0.2, 0.25) is 0 Å². The van der Waals surface area contributed by atoms with Crippen molar-refractivity contribution < 1.29 is 23.8 Å². The van der Waals surface area contributed by atoms with Gasteiger partial charge in [-0.05, 0) is 48.4 Å². The predicted octanol–water partition coefficient (Wildman–Crippen LogP) is 4.56. The average molecular weight is 389 g/mol. The molecule has 1 aromatic carbocycles. The van der Waals surface area contributed by atoms with E-state index in [-0.39, 0.29) is 29.4 Å². The molecule has 1 heterocycles. The Hall–Kier alpha value is -2.04. The molecule has 1 spiro atoms. The zero-order chi connectivity index (χ0) is 20.7. The van der Waals surface area contributed by atoms with Gasteiger partial charge in [0, 0.05) is 18.3 Å². The van der Waals surface area contributed by atoms with Gasteiger partial charge in [0.1, 0.15) is 17.5 Å². The first-order valence-corrected chi connectivity index (χ1v) is 10.2. The molecule has 0 bridgehead atoms. The molecule has 3 rings (SSSR count). The Balaban J connectivity index is 1.88. The van der Waals surface area contributed by atoms with Crippen LogP contribution in [0.4, 0.5) is 0 Å². The van der Waals surface area contributed by atoms with Gasteiger partial charge in [0.15, 0.2) is 0 Å². The van der Waals surface area contributed by atoms with Crippen LogP contribution in [0.1, 0.15) is 69.8 Å². The van der Waals surface area contributed by atoms with Gasteiger partial charge in [0.05, 0.1) is 12.7 Å². The molecular formula is C23H32O5. The molecular weight excluding hydrogens is 356 g/mol. The van der Waals surface area contributed by atoms with Gasteiger partial charge >= 0.3 is 11.9 Å². The van der Waals surface area contributed by atoms with Gasteiger partial charge < -0.3 is 14.2 Å². The smallest absolute Gasteiger partial charge is 0.337 e. The number of rotatable bonds is 4.